The van der Waals surface area contributed by atoms with Crippen LogP contribution in [0.1, 0.15) is 32.8 Å². The second kappa shape index (κ2) is 7.49. The van der Waals surface area contributed by atoms with Crippen LogP contribution >= 0.6 is 0 Å². The Morgan fingerprint density at radius 2 is 2.18 bits per heavy atom. The number of carbonyl (C=O) groups is 1. The summed E-state index contributed by atoms with van der Waals surface area (Å²) in [6.07, 6.45) is 1.01. The van der Waals surface area contributed by atoms with E-state index < -0.39 is 0 Å². The lowest BCUT2D eigenvalue weighted by molar-refractivity contribution is 0.143. The highest BCUT2D eigenvalue weighted by molar-refractivity contribution is 5.90. The van der Waals surface area contributed by atoms with Gasteiger partial charge in [0.05, 0.1) is 12.7 Å². The molecule has 1 aromatic rings. The Hall–Kier alpha value is -1.75. The van der Waals surface area contributed by atoms with Crippen LogP contribution in [0.2, 0.25) is 0 Å². The summed E-state index contributed by atoms with van der Waals surface area (Å²) < 4.78 is 11.1. The molecule has 2 rings (SSSR count). The summed E-state index contributed by atoms with van der Waals surface area (Å²) in [5.41, 5.74) is 1.81. The molecule has 1 aliphatic rings. The zero-order chi connectivity index (χ0) is 16.1. The predicted molar refractivity (Wildman–Crippen MR) is 87.6 cm³/mol. The molecule has 1 N–H and O–H groups in total. The highest BCUT2D eigenvalue weighted by Crippen LogP contribution is 2.23. The zero-order valence-electron chi connectivity index (χ0n) is 13.9. The van der Waals surface area contributed by atoms with Crippen molar-refractivity contribution in [3.8, 4) is 5.75 Å². The third-order valence-electron chi connectivity index (χ3n) is 3.76. The van der Waals surface area contributed by atoms with Crippen LogP contribution in [0.5, 0.6) is 5.75 Å². The number of hydrogen-bond donors (Lipinski definition) is 1. The predicted octanol–water partition coefficient (Wildman–Crippen LogP) is 3.42. The lowest BCUT2D eigenvalue weighted by Gasteiger charge is -2.27. The number of benzene rings is 1. The van der Waals surface area contributed by atoms with Crippen molar-refractivity contribution >= 4 is 11.7 Å². The molecule has 1 atom stereocenters. The highest BCUT2D eigenvalue weighted by atomic mass is 16.5. The Bertz CT molecular complexity index is 517. The molecule has 0 radical (unpaired) electrons. The highest BCUT2D eigenvalue weighted by Gasteiger charge is 2.22. The number of amides is 2. The number of anilines is 1. The Morgan fingerprint density at radius 1 is 1.41 bits per heavy atom. The zero-order valence-corrected chi connectivity index (χ0v) is 13.9. The van der Waals surface area contributed by atoms with Crippen LogP contribution < -0.4 is 10.1 Å². The molecule has 0 spiro atoms. The molecular weight excluding hydrogens is 280 g/mol. The van der Waals surface area contributed by atoms with Crippen molar-refractivity contribution in [1.29, 1.82) is 0 Å². The topological polar surface area (TPSA) is 50.8 Å². The maximum absolute atomic E-state index is 12.5. The number of carbonyl (C=O) groups excluding carboxylic acids is 1. The molecule has 22 heavy (non-hydrogen) atoms. The first-order valence-electron chi connectivity index (χ1n) is 7.90. The molecule has 1 unspecified atom stereocenters. The van der Waals surface area contributed by atoms with Crippen molar-refractivity contribution in [3.05, 3.63) is 23.8 Å². The second-order valence-electron chi connectivity index (χ2n) is 6.02. The Labute approximate surface area is 132 Å². The minimum absolute atomic E-state index is 0.0707. The van der Waals surface area contributed by atoms with Gasteiger partial charge in [-0.2, -0.15) is 0 Å². The summed E-state index contributed by atoms with van der Waals surface area (Å²) in [4.78, 5) is 14.3. The summed E-state index contributed by atoms with van der Waals surface area (Å²) in [6, 6.07) is 5.84. The normalized spacial score (nSPS) is 19.0. The largest absolute Gasteiger partial charge is 0.491 e. The van der Waals surface area contributed by atoms with Gasteiger partial charge in [-0.3, -0.25) is 0 Å². The number of nitrogens with zero attached hydrogens (tertiary/aromatic N) is 1. The standard InChI is InChI=1S/C17H26N2O3/c1-12(2)22-15-5-6-16(13(3)11-15)18-17(20)19-8-10-21-9-7-14(19)4/h5-6,11-12,14H,7-10H2,1-4H3,(H,18,20). The Balaban J connectivity index is 2.04. The molecule has 0 saturated carbocycles. The van der Waals surface area contributed by atoms with Gasteiger partial charge in [-0.15, -0.1) is 0 Å². The van der Waals surface area contributed by atoms with Crippen LogP contribution in [0, 0.1) is 6.92 Å². The summed E-state index contributed by atoms with van der Waals surface area (Å²) >= 11 is 0. The van der Waals surface area contributed by atoms with Gasteiger partial charge in [0.2, 0.25) is 0 Å². The third-order valence-corrected chi connectivity index (χ3v) is 3.76. The van der Waals surface area contributed by atoms with Gasteiger partial charge in [0.1, 0.15) is 5.75 Å². The van der Waals surface area contributed by atoms with E-state index in [1.807, 2.05) is 43.9 Å². The fourth-order valence-corrected chi connectivity index (χ4v) is 2.51. The lowest BCUT2D eigenvalue weighted by Crippen LogP contribution is -2.42. The van der Waals surface area contributed by atoms with Gasteiger partial charge in [-0.25, -0.2) is 4.79 Å². The first-order valence-corrected chi connectivity index (χ1v) is 7.90. The van der Waals surface area contributed by atoms with E-state index >= 15 is 0 Å². The first-order chi connectivity index (χ1) is 10.5. The second-order valence-corrected chi connectivity index (χ2v) is 6.02. The summed E-state index contributed by atoms with van der Waals surface area (Å²) in [7, 11) is 0. The first kappa shape index (κ1) is 16.6. The van der Waals surface area contributed by atoms with Crippen LogP contribution in [0.25, 0.3) is 0 Å². The van der Waals surface area contributed by atoms with Crippen LogP contribution in [0.15, 0.2) is 18.2 Å². The van der Waals surface area contributed by atoms with Crippen LogP contribution in [0.3, 0.4) is 0 Å². The van der Waals surface area contributed by atoms with E-state index in [1.165, 1.54) is 0 Å². The number of hydrogen-bond acceptors (Lipinski definition) is 3. The number of nitrogens with one attached hydrogen (secondary N) is 1. The Kier molecular flexibility index (Phi) is 5.66. The number of ether oxygens (including phenoxy) is 2. The maximum atomic E-state index is 12.5. The van der Waals surface area contributed by atoms with Crippen LogP contribution in [-0.2, 0) is 4.74 Å². The van der Waals surface area contributed by atoms with Gasteiger partial charge in [-0.05, 0) is 57.9 Å². The van der Waals surface area contributed by atoms with E-state index in [4.69, 9.17) is 9.47 Å². The number of urea groups is 1. The van der Waals surface area contributed by atoms with Crippen molar-refractivity contribution in [2.45, 2.75) is 46.3 Å². The van der Waals surface area contributed by atoms with Crippen molar-refractivity contribution < 1.29 is 14.3 Å². The summed E-state index contributed by atoms with van der Waals surface area (Å²) in [6.45, 7) is 9.95. The monoisotopic (exact) mass is 306 g/mol. The van der Waals surface area contributed by atoms with E-state index in [9.17, 15) is 4.79 Å². The minimum Gasteiger partial charge on any atom is -0.491 e. The van der Waals surface area contributed by atoms with Crippen molar-refractivity contribution in [2.24, 2.45) is 0 Å². The average molecular weight is 306 g/mol. The molecule has 5 heteroatoms. The SMILES string of the molecule is Cc1cc(OC(C)C)ccc1NC(=O)N1CCOCCC1C. The fraction of sp³-hybridized carbons (Fsp3) is 0.588. The van der Waals surface area contributed by atoms with Crippen LogP contribution in [0.4, 0.5) is 10.5 Å². The minimum atomic E-state index is -0.0707. The molecule has 1 saturated heterocycles. The van der Waals surface area contributed by atoms with E-state index in [0.29, 0.717) is 19.8 Å². The van der Waals surface area contributed by atoms with Gasteiger partial charge >= 0.3 is 6.03 Å². The lowest BCUT2D eigenvalue weighted by atomic mass is 10.2. The molecule has 2 amide bonds. The van der Waals surface area contributed by atoms with Gasteiger partial charge in [0, 0.05) is 24.9 Å². The maximum Gasteiger partial charge on any atom is 0.322 e. The van der Waals surface area contributed by atoms with Crippen molar-refractivity contribution in [1.82, 2.24) is 4.90 Å². The molecule has 5 nitrogen and oxygen atoms in total. The average Bonchev–Trinajstić information content (AvgIpc) is 2.65. The van der Waals surface area contributed by atoms with Gasteiger partial charge in [-0.1, -0.05) is 0 Å². The van der Waals surface area contributed by atoms with Crippen molar-refractivity contribution in [3.63, 3.8) is 0 Å². The molecule has 122 valence electrons. The van der Waals surface area contributed by atoms with Gasteiger partial charge in [0.25, 0.3) is 0 Å². The molecule has 1 heterocycles. The molecule has 0 bridgehead atoms. The van der Waals surface area contributed by atoms with Gasteiger partial charge < -0.3 is 19.7 Å². The molecule has 0 aliphatic carbocycles. The van der Waals surface area contributed by atoms with Crippen LogP contribution in [-0.4, -0.2) is 42.8 Å². The molecule has 1 aromatic carbocycles. The van der Waals surface area contributed by atoms with E-state index in [1.54, 1.807) is 0 Å². The molecule has 0 aromatic heterocycles. The smallest absolute Gasteiger partial charge is 0.322 e. The third kappa shape index (κ3) is 4.37. The van der Waals surface area contributed by atoms with E-state index in [2.05, 4.69) is 12.2 Å². The number of aryl methyl sites for hydroxylation is 1. The quantitative estimate of drug-likeness (QED) is 0.931. The molecule has 1 fully saturated rings. The summed E-state index contributed by atoms with van der Waals surface area (Å²) in [5.74, 6) is 0.821. The fourth-order valence-electron chi connectivity index (χ4n) is 2.51. The van der Waals surface area contributed by atoms with E-state index in [-0.39, 0.29) is 18.2 Å². The van der Waals surface area contributed by atoms with E-state index in [0.717, 1.165) is 23.4 Å². The number of rotatable bonds is 3. The molecular formula is C17H26N2O3. The molecule has 1 aliphatic heterocycles. The Morgan fingerprint density at radius 3 is 2.86 bits per heavy atom. The summed E-state index contributed by atoms with van der Waals surface area (Å²) in [5, 5.41) is 2.99. The van der Waals surface area contributed by atoms with Crippen molar-refractivity contribution in [2.75, 3.05) is 25.1 Å². The van der Waals surface area contributed by atoms with Gasteiger partial charge in [0.15, 0.2) is 0 Å².